The molecule has 1 nitrogen and oxygen atoms in total. The molecule has 4 heteroatoms. The van der Waals surface area contributed by atoms with Gasteiger partial charge in [0, 0.05) is 12.8 Å². The molecule has 0 aliphatic heterocycles. The van der Waals surface area contributed by atoms with Crippen molar-refractivity contribution < 1.29 is 18.0 Å². The Hall–Kier alpha value is -0.540. The minimum atomic E-state index is -2.73. The predicted octanol–water partition coefficient (Wildman–Crippen LogP) is 2.88. The second-order valence-corrected chi connectivity index (χ2v) is 4.60. The molecular weight excluding hydrogens is 193 g/mol. The standard InChI is InChI=1S/C10H13F3O/c11-9(8(7-14)1-2-8)3-5-10(12,13)6-4-9/h7H,1-6H2. The molecule has 0 saturated heterocycles. The zero-order valence-corrected chi connectivity index (χ0v) is 7.86. The molecule has 2 fully saturated rings. The molecule has 0 aromatic rings. The molecule has 2 aliphatic rings. The Morgan fingerprint density at radius 3 is 1.71 bits per heavy atom. The van der Waals surface area contributed by atoms with Gasteiger partial charge < -0.3 is 4.79 Å². The summed E-state index contributed by atoms with van der Waals surface area (Å²) in [5, 5.41) is 0. The van der Waals surface area contributed by atoms with Crippen molar-refractivity contribution in [2.24, 2.45) is 5.41 Å². The van der Waals surface area contributed by atoms with Gasteiger partial charge in [0.25, 0.3) is 0 Å². The van der Waals surface area contributed by atoms with Gasteiger partial charge in [0.1, 0.15) is 12.0 Å². The average Bonchev–Trinajstić information content (AvgIpc) is 2.92. The number of hydrogen-bond acceptors (Lipinski definition) is 1. The Morgan fingerprint density at radius 2 is 1.36 bits per heavy atom. The van der Waals surface area contributed by atoms with Crippen molar-refractivity contribution in [1.82, 2.24) is 0 Å². The lowest BCUT2D eigenvalue weighted by molar-refractivity contribution is -0.128. The summed E-state index contributed by atoms with van der Waals surface area (Å²) in [5.74, 6) is -2.73. The lowest BCUT2D eigenvalue weighted by Gasteiger charge is -2.37. The minimum Gasteiger partial charge on any atom is -0.303 e. The van der Waals surface area contributed by atoms with Crippen LogP contribution in [0.1, 0.15) is 38.5 Å². The highest BCUT2D eigenvalue weighted by Gasteiger charge is 2.62. The number of rotatable bonds is 2. The quantitative estimate of drug-likeness (QED) is 0.635. The number of alkyl halides is 3. The molecule has 14 heavy (non-hydrogen) atoms. The van der Waals surface area contributed by atoms with Gasteiger partial charge in [-0.2, -0.15) is 0 Å². The van der Waals surface area contributed by atoms with Crippen molar-refractivity contribution in [3.05, 3.63) is 0 Å². The van der Waals surface area contributed by atoms with Crippen molar-refractivity contribution in [3.8, 4) is 0 Å². The van der Waals surface area contributed by atoms with Crippen LogP contribution >= 0.6 is 0 Å². The maximum absolute atomic E-state index is 14.2. The predicted molar refractivity (Wildman–Crippen MR) is 45.0 cm³/mol. The zero-order valence-electron chi connectivity index (χ0n) is 7.86. The van der Waals surface area contributed by atoms with E-state index in [0.717, 1.165) is 0 Å². The van der Waals surface area contributed by atoms with E-state index in [1.54, 1.807) is 0 Å². The van der Waals surface area contributed by atoms with Crippen LogP contribution in [0.5, 0.6) is 0 Å². The molecule has 0 radical (unpaired) electrons. The highest BCUT2D eigenvalue weighted by molar-refractivity contribution is 5.66. The van der Waals surface area contributed by atoms with Gasteiger partial charge in [0.15, 0.2) is 0 Å². The van der Waals surface area contributed by atoms with Gasteiger partial charge in [-0.25, -0.2) is 13.2 Å². The second-order valence-electron chi connectivity index (χ2n) is 4.60. The van der Waals surface area contributed by atoms with E-state index in [0.29, 0.717) is 19.1 Å². The van der Waals surface area contributed by atoms with Gasteiger partial charge in [0.05, 0.1) is 5.41 Å². The third kappa shape index (κ3) is 1.35. The average molecular weight is 206 g/mol. The topological polar surface area (TPSA) is 17.1 Å². The third-order valence-corrected chi connectivity index (χ3v) is 3.68. The van der Waals surface area contributed by atoms with Crippen LogP contribution in [0.2, 0.25) is 0 Å². The Bertz CT molecular complexity index is 248. The third-order valence-electron chi connectivity index (χ3n) is 3.68. The summed E-state index contributed by atoms with van der Waals surface area (Å²) in [6.07, 6.45) is 0.517. The summed E-state index contributed by atoms with van der Waals surface area (Å²) in [5.41, 5.74) is -2.57. The molecule has 0 atom stereocenters. The van der Waals surface area contributed by atoms with Gasteiger partial charge in [-0.3, -0.25) is 0 Å². The summed E-state index contributed by atoms with van der Waals surface area (Å²) in [7, 11) is 0. The molecule has 0 heterocycles. The Labute approximate surface area is 80.7 Å². The number of halogens is 3. The van der Waals surface area contributed by atoms with Crippen LogP contribution in [0.4, 0.5) is 13.2 Å². The molecule has 2 aliphatic carbocycles. The lowest BCUT2D eigenvalue weighted by Crippen LogP contribution is -2.43. The van der Waals surface area contributed by atoms with Gasteiger partial charge in [0.2, 0.25) is 5.92 Å². The molecule has 0 spiro atoms. The molecule has 0 aromatic heterocycles. The molecule has 80 valence electrons. The Kier molecular flexibility index (Phi) is 1.95. The van der Waals surface area contributed by atoms with E-state index in [-0.39, 0.29) is 12.8 Å². The van der Waals surface area contributed by atoms with Crippen molar-refractivity contribution in [2.75, 3.05) is 0 Å². The van der Waals surface area contributed by atoms with E-state index < -0.39 is 29.8 Å². The first-order valence-corrected chi connectivity index (χ1v) is 4.96. The monoisotopic (exact) mass is 206 g/mol. The minimum absolute atomic E-state index is 0.168. The van der Waals surface area contributed by atoms with Crippen LogP contribution < -0.4 is 0 Å². The first-order chi connectivity index (χ1) is 6.43. The number of aldehydes is 1. The molecule has 0 N–H and O–H groups in total. The fourth-order valence-electron chi connectivity index (χ4n) is 2.32. The van der Waals surface area contributed by atoms with Gasteiger partial charge in [-0.15, -0.1) is 0 Å². The van der Waals surface area contributed by atoms with Crippen LogP contribution in [0.25, 0.3) is 0 Å². The van der Waals surface area contributed by atoms with E-state index in [1.165, 1.54) is 0 Å². The van der Waals surface area contributed by atoms with Crippen LogP contribution in [-0.2, 0) is 4.79 Å². The molecule has 2 saturated carbocycles. The van der Waals surface area contributed by atoms with Crippen LogP contribution in [0.3, 0.4) is 0 Å². The zero-order chi connectivity index (χ0) is 10.4. The van der Waals surface area contributed by atoms with E-state index in [1.807, 2.05) is 0 Å². The summed E-state index contributed by atoms with van der Waals surface area (Å²) in [4.78, 5) is 10.7. The van der Waals surface area contributed by atoms with Crippen molar-refractivity contribution in [2.45, 2.75) is 50.1 Å². The molecule has 0 amide bonds. The normalized spacial score (nSPS) is 32.2. The maximum Gasteiger partial charge on any atom is 0.248 e. The highest BCUT2D eigenvalue weighted by Crippen LogP contribution is 2.60. The fourth-order valence-corrected chi connectivity index (χ4v) is 2.32. The summed E-state index contributed by atoms with van der Waals surface area (Å²) < 4.78 is 39.8. The van der Waals surface area contributed by atoms with E-state index >= 15 is 0 Å². The van der Waals surface area contributed by atoms with E-state index in [9.17, 15) is 18.0 Å². The Balaban J connectivity index is 2.09. The second kappa shape index (κ2) is 2.74. The van der Waals surface area contributed by atoms with E-state index in [4.69, 9.17) is 0 Å². The van der Waals surface area contributed by atoms with Gasteiger partial charge in [-0.05, 0) is 25.7 Å². The first kappa shape index (κ1) is 9.99. The Morgan fingerprint density at radius 1 is 0.857 bits per heavy atom. The summed E-state index contributed by atoms with van der Waals surface area (Å²) >= 11 is 0. The van der Waals surface area contributed by atoms with Crippen molar-refractivity contribution in [1.29, 1.82) is 0 Å². The SMILES string of the molecule is O=CC1(C2(F)CCC(F)(F)CC2)CC1. The van der Waals surface area contributed by atoms with Crippen LogP contribution in [-0.4, -0.2) is 17.9 Å². The summed E-state index contributed by atoms with van der Waals surface area (Å²) in [6.45, 7) is 0. The number of carbonyl (C=O) groups excluding carboxylic acids is 1. The molecule has 0 bridgehead atoms. The van der Waals surface area contributed by atoms with Crippen LogP contribution in [0.15, 0.2) is 0 Å². The van der Waals surface area contributed by atoms with Gasteiger partial charge >= 0.3 is 0 Å². The smallest absolute Gasteiger partial charge is 0.248 e. The molecule has 0 unspecified atom stereocenters. The van der Waals surface area contributed by atoms with Crippen molar-refractivity contribution in [3.63, 3.8) is 0 Å². The number of hydrogen-bond donors (Lipinski definition) is 0. The highest BCUT2D eigenvalue weighted by atomic mass is 19.3. The maximum atomic E-state index is 14.2. The molecule has 2 rings (SSSR count). The largest absolute Gasteiger partial charge is 0.303 e. The van der Waals surface area contributed by atoms with Crippen LogP contribution in [0, 0.1) is 5.41 Å². The first-order valence-electron chi connectivity index (χ1n) is 4.96. The lowest BCUT2D eigenvalue weighted by atomic mass is 9.74. The van der Waals surface area contributed by atoms with E-state index in [2.05, 4.69) is 0 Å². The summed E-state index contributed by atoms with van der Waals surface area (Å²) in [6, 6.07) is 0. The fraction of sp³-hybridized carbons (Fsp3) is 0.900. The number of carbonyl (C=O) groups is 1. The molecule has 0 aromatic carbocycles. The van der Waals surface area contributed by atoms with Crippen molar-refractivity contribution >= 4 is 6.29 Å². The van der Waals surface area contributed by atoms with Gasteiger partial charge in [-0.1, -0.05) is 0 Å². The molecular formula is C10H13F3O.